The molecule has 1 atom stereocenters. The van der Waals surface area contributed by atoms with Crippen molar-refractivity contribution in [3.8, 4) is 11.6 Å². The van der Waals surface area contributed by atoms with Gasteiger partial charge in [-0.1, -0.05) is 18.2 Å². The van der Waals surface area contributed by atoms with Crippen molar-refractivity contribution in [2.24, 2.45) is 0 Å². The molecule has 1 aromatic heterocycles. The van der Waals surface area contributed by atoms with Crippen molar-refractivity contribution in [2.75, 3.05) is 16.8 Å². The number of nitrogens with zero attached hydrogens (tertiary/aromatic N) is 3. The van der Waals surface area contributed by atoms with Crippen LogP contribution in [0, 0.1) is 0 Å². The van der Waals surface area contributed by atoms with E-state index in [4.69, 9.17) is 21.9 Å². The molecule has 142 valence electrons. The first-order valence-electron chi connectivity index (χ1n) is 9.63. The van der Waals surface area contributed by atoms with Gasteiger partial charge in [-0.3, -0.25) is 0 Å². The lowest BCUT2D eigenvalue weighted by Crippen LogP contribution is -2.38. The first kappa shape index (κ1) is 18.0. The molecule has 2 N–H and O–H groups in total. The Bertz CT molecular complexity index is 796. The molecule has 1 aliphatic carbocycles. The van der Waals surface area contributed by atoms with Gasteiger partial charge in [-0.25, -0.2) is 0 Å². The highest BCUT2D eigenvalue weighted by Crippen LogP contribution is 2.29. The zero-order valence-corrected chi connectivity index (χ0v) is 16.3. The highest BCUT2D eigenvalue weighted by Gasteiger charge is 2.24. The Morgan fingerprint density at radius 3 is 2.70 bits per heavy atom. The van der Waals surface area contributed by atoms with Crippen molar-refractivity contribution < 1.29 is 4.74 Å². The highest BCUT2D eigenvalue weighted by atomic mass is 32.1. The second-order valence-corrected chi connectivity index (χ2v) is 7.62. The van der Waals surface area contributed by atoms with E-state index in [0.29, 0.717) is 29.0 Å². The normalized spacial score (nSPS) is 19.4. The quantitative estimate of drug-likeness (QED) is 0.754. The molecule has 7 heteroatoms. The number of nitrogens with one attached hydrogen (secondary N) is 2. The Balaban J connectivity index is 1.59. The number of hydrogen-bond acceptors (Lipinski definition) is 5. The van der Waals surface area contributed by atoms with Crippen LogP contribution in [0.3, 0.4) is 0 Å². The number of aromatic nitrogens is 2. The van der Waals surface area contributed by atoms with Crippen molar-refractivity contribution in [1.82, 2.24) is 15.3 Å². The summed E-state index contributed by atoms with van der Waals surface area (Å²) in [5.74, 6) is 2.60. The topological polar surface area (TPSA) is 62.3 Å². The molecular weight excluding hydrogens is 358 g/mol. The van der Waals surface area contributed by atoms with Crippen LogP contribution in [0.25, 0.3) is 0 Å². The summed E-state index contributed by atoms with van der Waals surface area (Å²) in [5, 5.41) is 6.95. The van der Waals surface area contributed by atoms with Crippen molar-refractivity contribution >= 4 is 29.1 Å². The molecule has 0 spiro atoms. The largest absolute Gasteiger partial charge is 0.439 e. The Morgan fingerprint density at radius 1 is 1.15 bits per heavy atom. The molecule has 1 aromatic carbocycles. The van der Waals surface area contributed by atoms with Gasteiger partial charge >= 0.3 is 0 Å². The zero-order chi connectivity index (χ0) is 18.6. The summed E-state index contributed by atoms with van der Waals surface area (Å²) < 4.78 is 5.98. The molecule has 1 saturated carbocycles. The van der Waals surface area contributed by atoms with E-state index in [1.54, 1.807) is 0 Å². The molecule has 0 radical (unpaired) electrons. The number of benzene rings is 1. The molecule has 2 aromatic rings. The standard InChI is InChI=1S/C20H25N5OS/c1-14-7-5-6-12-25(14)17-13-18(26-16-8-3-2-4-9-16)23-19(22-17)24-20(27)21-15-10-11-15/h2-4,8-9,13-15H,5-7,10-12H2,1H3,(H2,21,22,23,24,27)/t14-/m0/s1. The molecule has 0 unspecified atom stereocenters. The molecule has 0 amide bonds. The first-order valence-corrected chi connectivity index (χ1v) is 10.0. The van der Waals surface area contributed by atoms with E-state index in [1.165, 1.54) is 19.3 Å². The zero-order valence-electron chi connectivity index (χ0n) is 15.5. The van der Waals surface area contributed by atoms with Crippen LogP contribution in [0.5, 0.6) is 11.6 Å². The maximum absolute atomic E-state index is 5.98. The minimum Gasteiger partial charge on any atom is -0.439 e. The van der Waals surface area contributed by atoms with E-state index in [1.807, 2.05) is 36.4 Å². The Kier molecular flexibility index (Phi) is 5.38. The lowest BCUT2D eigenvalue weighted by atomic mass is 10.0. The maximum atomic E-state index is 5.98. The summed E-state index contributed by atoms with van der Waals surface area (Å²) in [6, 6.07) is 12.5. The van der Waals surface area contributed by atoms with Crippen LogP contribution in [0.2, 0.25) is 0 Å². The van der Waals surface area contributed by atoms with Gasteiger partial charge < -0.3 is 20.3 Å². The Morgan fingerprint density at radius 2 is 1.96 bits per heavy atom. The second-order valence-electron chi connectivity index (χ2n) is 7.21. The van der Waals surface area contributed by atoms with Crippen molar-refractivity contribution in [1.29, 1.82) is 0 Å². The number of piperidine rings is 1. The lowest BCUT2D eigenvalue weighted by molar-refractivity contribution is 0.457. The lowest BCUT2D eigenvalue weighted by Gasteiger charge is -2.34. The van der Waals surface area contributed by atoms with E-state index >= 15 is 0 Å². The van der Waals surface area contributed by atoms with Gasteiger partial charge in [-0.15, -0.1) is 0 Å². The van der Waals surface area contributed by atoms with Gasteiger partial charge in [0.1, 0.15) is 11.6 Å². The van der Waals surface area contributed by atoms with E-state index in [0.717, 1.165) is 31.0 Å². The van der Waals surface area contributed by atoms with E-state index in [9.17, 15) is 0 Å². The third-order valence-corrected chi connectivity index (χ3v) is 5.11. The minimum absolute atomic E-state index is 0.447. The molecule has 6 nitrogen and oxygen atoms in total. The van der Waals surface area contributed by atoms with Gasteiger partial charge in [-0.05, 0) is 63.4 Å². The number of anilines is 2. The predicted octanol–water partition coefficient (Wildman–Crippen LogP) is 4.10. The average molecular weight is 384 g/mol. The first-order chi connectivity index (χ1) is 13.2. The van der Waals surface area contributed by atoms with Crippen LogP contribution in [0.4, 0.5) is 11.8 Å². The summed E-state index contributed by atoms with van der Waals surface area (Å²) in [6.45, 7) is 3.23. The summed E-state index contributed by atoms with van der Waals surface area (Å²) >= 11 is 5.39. The van der Waals surface area contributed by atoms with E-state index in [2.05, 4.69) is 27.4 Å². The van der Waals surface area contributed by atoms with E-state index in [-0.39, 0.29) is 0 Å². The fourth-order valence-corrected chi connectivity index (χ4v) is 3.52. The van der Waals surface area contributed by atoms with Crippen molar-refractivity contribution in [3.05, 3.63) is 36.4 Å². The van der Waals surface area contributed by atoms with E-state index < -0.39 is 0 Å². The second kappa shape index (κ2) is 8.08. The Labute approximate surface area is 165 Å². The third kappa shape index (κ3) is 4.86. The van der Waals surface area contributed by atoms with Gasteiger partial charge in [0.25, 0.3) is 0 Å². The Hall–Kier alpha value is -2.41. The monoisotopic (exact) mass is 383 g/mol. The molecule has 4 rings (SSSR count). The molecular formula is C20H25N5OS. The van der Waals surface area contributed by atoms with Crippen LogP contribution >= 0.6 is 12.2 Å². The number of thiocarbonyl (C=S) groups is 1. The van der Waals surface area contributed by atoms with Crippen LogP contribution < -0.4 is 20.3 Å². The van der Waals surface area contributed by atoms with Crippen molar-refractivity contribution in [3.63, 3.8) is 0 Å². The molecule has 2 fully saturated rings. The maximum Gasteiger partial charge on any atom is 0.234 e. The van der Waals surface area contributed by atoms with Gasteiger partial charge in [0.15, 0.2) is 5.11 Å². The van der Waals surface area contributed by atoms with Crippen LogP contribution in [0.1, 0.15) is 39.0 Å². The summed E-state index contributed by atoms with van der Waals surface area (Å²) in [5.41, 5.74) is 0. The summed E-state index contributed by atoms with van der Waals surface area (Å²) in [6.07, 6.45) is 5.93. The fraction of sp³-hybridized carbons (Fsp3) is 0.450. The molecule has 1 aliphatic heterocycles. The predicted molar refractivity (Wildman–Crippen MR) is 112 cm³/mol. The molecule has 0 bridgehead atoms. The smallest absolute Gasteiger partial charge is 0.234 e. The average Bonchev–Trinajstić information content (AvgIpc) is 3.46. The third-order valence-electron chi connectivity index (χ3n) is 4.89. The minimum atomic E-state index is 0.447. The van der Waals surface area contributed by atoms with Crippen LogP contribution in [-0.4, -0.2) is 33.7 Å². The number of hydrogen-bond donors (Lipinski definition) is 2. The SMILES string of the molecule is C[C@H]1CCCCN1c1cc(Oc2ccccc2)nc(NC(=S)NC2CC2)n1. The highest BCUT2D eigenvalue weighted by molar-refractivity contribution is 7.80. The molecule has 2 aliphatic rings. The number of para-hydroxylation sites is 1. The summed E-state index contributed by atoms with van der Waals surface area (Å²) in [7, 11) is 0. The number of ether oxygens (including phenoxy) is 1. The van der Waals surface area contributed by atoms with Gasteiger partial charge in [0.05, 0.1) is 0 Å². The summed E-state index contributed by atoms with van der Waals surface area (Å²) in [4.78, 5) is 11.6. The van der Waals surface area contributed by atoms with Crippen molar-refractivity contribution in [2.45, 2.75) is 51.1 Å². The number of rotatable bonds is 5. The fourth-order valence-electron chi connectivity index (χ4n) is 3.27. The van der Waals surface area contributed by atoms with Crippen LogP contribution in [0.15, 0.2) is 36.4 Å². The van der Waals surface area contributed by atoms with Gasteiger partial charge in [0.2, 0.25) is 11.8 Å². The molecule has 2 heterocycles. The molecule has 1 saturated heterocycles. The van der Waals surface area contributed by atoms with Gasteiger partial charge in [0, 0.05) is 24.7 Å². The van der Waals surface area contributed by atoms with Gasteiger partial charge in [-0.2, -0.15) is 9.97 Å². The molecule has 27 heavy (non-hydrogen) atoms. The van der Waals surface area contributed by atoms with Crippen LogP contribution in [-0.2, 0) is 0 Å².